The van der Waals surface area contributed by atoms with Crippen molar-refractivity contribution in [2.24, 2.45) is 0 Å². The van der Waals surface area contributed by atoms with Gasteiger partial charge in [-0.1, -0.05) is 0 Å². The monoisotopic (exact) mass is 489 g/mol. The minimum Gasteiger partial charge on any atom is -0.420 e. The third-order valence-electron chi connectivity index (χ3n) is 3.52. The van der Waals surface area contributed by atoms with Crippen LogP contribution in [0.5, 0.6) is 11.5 Å². The number of nitrogens with zero attached hydrogens (tertiary/aromatic N) is 1. The van der Waals surface area contributed by atoms with E-state index in [1.54, 1.807) is 0 Å². The molecule has 2 rings (SSSR count). The summed E-state index contributed by atoms with van der Waals surface area (Å²) in [6.07, 6.45) is -16.1. The van der Waals surface area contributed by atoms with E-state index in [-0.39, 0.29) is 4.90 Å². The number of esters is 2. The quantitative estimate of drug-likeness (QED) is 0.349. The van der Waals surface area contributed by atoms with Crippen molar-refractivity contribution in [3.8, 4) is 11.5 Å². The summed E-state index contributed by atoms with van der Waals surface area (Å²) >= 11 is 0. The Kier molecular flexibility index (Phi) is 6.94. The number of rotatable bonds is 4. The Hall–Kier alpha value is -3.78. The van der Waals surface area contributed by atoms with Crippen LogP contribution in [0.2, 0.25) is 0 Å². The topological polar surface area (TPSA) is 72.9 Å². The molecule has 0 radical (unpaired) electrons. The standard InChI is InChI=1S/C18H8F9NO5/c19-16(20,21)13(29)28(9-1-5-11(6-2-9)32-14(30)17(22,23)24)10-3-7-12(8-4-10)33-15(31)18(25,26)27/h1-8H. The molecule has 33 heavy (non-hydrogen) atoms. The largest absolute Gasteiger partial charge is 0.491 e. The van der Waals surface area contributed by atoms with Crippen LogP contribution in [0.15, 0.2) is 48.5 Å². The molecule has 6 nitrogen and oxygen atoms in total. The predicted molar refractivity (Wildman–Crippen MR) is 89.5 cm³/mol. The average molecular weight is 489 g/mol. The van der Waals surface area contributed by atoms with Gasteiger partial charge in [-0.15, -0.1) is 0 Å². The molecule has 15 heteroatoms. The van der Waals surface area contributed by atoms with Crippen LogP contribution < -0.4 is 14.4 Å². The average Bonchev–Trinajstić information content (AvgIpc) is 2.68. The molecule has 0 fully saturated rings. The SMILES string of the molecule is O=C(Oc1ccc(N(C(=O)C(F)(F)F)c2ccc(OC(=O)C(F)(F)F)cc2)cc1)C(F)(F)F. The number of alkyl halides is 9. The maximum absolute atomic E-state index is 13.1. The first kappa shape index (κ1) is 25.5. The van der Waals surface area contributed by atoms with Gasteiger partial charge in [0.25, 0.3) is 0 Å². The Morgan fingerprint density at radius 3 is 1.09 bits per heavy atom. The van der Waals surface area contributed by atoms with Gasteiger partial charge in [0, 0.05) is 11.4 Å². The van der Waals surface area contributed by atoms with Gasteiger partial charge in [0.2, 0.25) is 0 Å². The normalized spacial score (nSPS) is 12.2. The highest BCUT2D eigenvalue weighted by Gasteiger charge is 2.44. The van der Waals surface area contributed by atoms with Crippen LogP contribution in [0.4, 0.5) is 50.9 Å². The first-order valence-corrected chi connectivity index (χ1v) is 8.19. The van der Waals surface area contributed by atoms with E-state index in [9.17, 15) is 53.9 Å². The van der Waals surface area contributed by atoms with Crippen molar-refractivity contribution in [2.75, 3.05) is 4.90 Å². The van der Waals surface area contributed by atoms with Crippen molar-refractivity contribution < 1.29 is 63.4 Å². The molecule has 0 aliphatic carbocycles. The minimum atomic E-state index is -5.44. The lowest BCUT2D eigenvalue weighted by Gasteiger charge is -2.24. The number of ether oxygens (including phenoxy) is 2. The number of benzene rings is 2. The second-order valence-corrected chi connectivity index (χ2v) is 5.90. The lowest BCUT2D eigenvalue weighted by Crippen LogP contribution is -2.38. The molecule has 0 atom stereocenters. The van der Waals surface area contributed by atoms with E-state index < -0.39 is 59.2 Å². The molecule has 2 aromatic carbocycles. The number of carbonyl (C=O) groups excluding carboxylic acids is 3. The van der Waals surface area contributed by atoms with Gasteiger partial charge in [-0.3, -0.25) is 9.69 Å². The lowest BCUT2D eigenvalue weighted by molar-refractivity contribution is -0.189. The fourth-order valence-electron chi connectivity index (χ4n) is 2.17. The first-order valence-electron chi connectivity index (χ1n) is 8.19. The fourth-order valence-corrected chi connectivity index (χ4v) is 2.17. The summed E-state index contributed by atoms with van der Waals surface area (Å²) in [5, 5.41) is 0. The summed E-state index contributed by atoms with van der Waals surface area (Å²) in [5.74, 6) is -9.06. The molecule has 178 valence electrons. The third-order valence-corrected chi connectivity index (χ3v) is 3.52. The smallest absolute Gasteiger partial charge is 0.420 e. The Morgan fingerprint density at radius 2 is 0.848 bits per heavy atom. The van der Waals surface area contributed by atoms with Gasteiger partial charge in [-0.05, 0) is 48.5 Å². The Bertz CT molecular complexity index is 954. The van der Waals surface area contributed by atoms with Crippen molar-refractivity contribution in [1.82, 2.24) is 0 Å². The van der Waals surface area contributed by atoms with E-state index >= 15 is 0 Å². The van der Waals surface area contributed by atoms with Crippen molar-refractivity contribution >= 4 is 29.2 Å². The molecule has 1 amide bonds. The summed E-state index contributed by atoms with van der Waals surface area (Å²) in [7, 11) is 0. The fraction of sp³-hybridized carbons (Fsp3) is 0.167. The van der Waals surface area contributed by atoms with Crippen LogP contribution in [0, 0.1) is 0 Å². The highest BCUT2D eigenvalue weighted by atomic mass is 19.4. The highest BCUT2D eigenvalue weighted by molar-refractivity contribution is 6.03. The van der Waals surface area contributed by atoms with E-state index in [2.05, 4.69) is 9.47 Å². The summed E-state index contributed by atoms with van der Waals surface area (Å²) in [6, 6.07) is 5.59. The van der Waals surface area contributed by atoms with Gasteiger partial charge in [-0.2, -0.15) is 39.5 Å². The zero-order valence-electron chi connectivity index (χ0n) is 15.5. The Labute approximate surface area is 177 Å². The number of hydrogen-bond donors (Lipinski definition) is 0. The molecule has 0 aliphatic rings. The lowest BCUT2D eigenvalue weighted by atomic mass is 10.2. The van der Waals surface area contributed by atoms with Crippen molar-refractivity contribution in [1.29, 1.82) is 0 Å². The number of amides is 1. The van der Waals surface area contributed by atoms with Crippen LogP contribution in [-0.2, 0) is 14.4 Å². The Morgan fingerprint density at radius 1 is 0.545 bits per heavy atom. The van der Waals surface area contributed by atoms with E-state index in [1.807, 2.05) is 0 Å². The molecule has 0 spiro atoms. The second kappa shape index (κ2) is 8.99. The summed E-state index contributed by atoms with van der Waals surface area (Å²) in [6.45, 7) is 0. The highest BCUT2D eigenvalue weighted by Crippen LogP contribution is 2.34. The van der Waals surface area contributed by atoms with Gasteiger partial charge >= 0.3 is 36.4 Å². The molecule has 0 bridgehead atoms. The van der Waals surface area contributed by atoms with E-state index in [1.165, 1.54) is 0 Å². The van der Waals surface area contributed by atoms with Gasteiger partial charge in [-0.25, -0.2) is 9.59 Å². The van der Waals surface area contributed by atoms with Crippen LogP contribution in [-0.4, -0.2) is 36.4 Å². The van der Waals surface area contributed by atoms with E-state index in [0.29, 0.717) is 24.3 Å². The molecule has 0 unspecified atom stereocenters. The number of carbonyl (C=O) groups is 3. The molecular formula is C18H8F9NO5. The van der Waals surface area contributed by atoms with Gasteiger partial charge < -0.3 is 9.47 Å². The van der Waals surface area contributed by atoms with Gasteiger partial charge in [0.1, 0.15) is 11.5 Å². The van der Waals surface area contributed by atoms with E-state index in [0.717, 1.165) is 24.3 Å². The summed E-state index contributed by atoms with van der Waals surface area (Å²) in [4.78, 5) is 33.6. The van der Waals surface area contributed by atoms with E-state index in [4.69, 9.17) is 0 Å². The molecule has 0 saturated carbocycles. The van der Waals surface area contributed by atoms with Crippen molar-refractivity contribution in [3.05, 3.63) is 48.5 Å². The minimum absolute atomic E-state index is 0.0325. The summed E-state index contributed by atoms with van der Waals surface area (Å²) < 4.78 is 121. The first-order chi connectivity index (χ1) is 15.0. The van der Waals surface area contributed by atoms with Gasteiger partial charge in [0.05, 0.1) is 0 Å². The number of anilines is 2. The molecule has 0 saturated heterocycles. The van der Waals surface area contributed by atoms with Crippen LogP contribution in [0.25, 0.3) is 0 Å². The maximum Gasteiger partial charge on any atom is 0.491 e. The van der Waals surface area contributed by atoms with Crippen molar-refractivity contribution in [2.45, 2.75) is 18.5 Å². The molecule has 0 aliphatic heterocycles. The number of hydrogen-bond acceptors (Lipinski definition) is 5. The Balaban J connectivity index is 2.36. The van der Waals surface area contributed by atoms with Crippen molar-refractivity contribution in [3.63, 3.8) is 0 Å². The molecule has 0 heterocycles. The van der Waals surface area contributed by atoms with Crippen LogP contribution >= 0.6 is 0 Å². The maximum atomic E-state index is 13.1. The summed E-state index contributed by atoms with van der Waals surface area (Å²) in [5.41, 5.74) is -1.10. The van der Waals surface area contributed by atoms with Crippen LogP contribution in [0.3, 0.4) is 0 Å². The van der Waals surface area contributed by atoms with Crippen LogP contribution in [0.1, 0.15) is 0 Å². The molecular weight excluding hydrogens is 481 g/mol. The van der Waals surface area contributed by atoms with Gasteiger partial charge in [0.15, 0.2) is 0 Å². The third kappa shape index (κ3) is 6.60. The zero-order valence-corrected chi connectivity index (χ0v) is 15.5. The second-order valence-electron chi connectivity index (χ2n) is 5.90. The molecule has 0 aromatic heterocycles. The number of halogens is 9. The molecule has 2 aromatic rings. The predicted octanol–water partition coefficient (Wildman–Crippen LogP) is 4.85. The zero-order chi connectivity index (χ0) is 25.2. The molecule has 0 N–H and O–H groups in total.